The second-order valence-electron chi connectivity index (χ2n) is 5.84. The van der Waals surface area contributed by atoms with Gasteiger partial charge >= 0.3 is 5.97 Å². The van der Waals surface area contributed by atoms with Crippen molar-refractivity contribution < 1.29 is 14.3 Å². The maximum atomic E-state index is 13.3. The van der Waals surface area contributed by atoms with Crippen LogP contribution >= 0.6 is 11.6 Å². The fourth-order valence-corrected chi connectivity index (χ4v) is 3.03. The van der Waals surface area contributed by atoms with E-state index < -0.39 is 11.8 Å². The van der Waals surface area contributed by atoms with E-state index in [-0.39, 0.29) is 16.5 Å². The van der Waals surface area contributed by atoms with Crippen molar-refractivity contribution in [3.63, 3.8) is 0 Å². The van der Waals surface area contributed by atoms with Crippen molar-refractivity contribution in [1.82, 2.24) is 14.6 Å². The lowest BCUT2D eigenvalue weighted by atomic mass is 9.98. The number of hydrogen-bond donors (Lipinski definition) is 1. The van der Waals surface area contributed by atoms with Crippen molar-refractivity contribution in [2.24, 2.45) is 0 Å². The molecular formula is C17H15ClFN3O2. The van der Waals surface area contributed by atoms with Crippen LogP contribution in [0.1, 0.15) is 46.9 Å². The molecule has 3 aromatic rings. The van der Waals surface area contributed by atoms with Crippen LogP contribution in [0.2, 0.25) is 5.02 Å². The average Bonchev–Trinajstić information content (AvgIpc) is 2.92. The van der Waals surface area contributed by atoms with E-state index >= 15 is 0 Å². The Morgan fingerprint density at radius 3 is 2.79 bits per heavy atom. The number of nitrogens with zero attached hydrogens (tertiary/aromatic N) is 3. The maximum absolute atomic E-state index is 13.3. The Kier molecular flexibility index (Phi) is 4.24. The van der Waals surface area contributed by atoms with E-state index in [9.17, 15) is 14.3 Å². The number of carboxylic acid groups (broad SMARTS) is 1. The lowest BCUT2D eigenvalue weighted by Gasteiger charge is -2.09. The van der Waals surface area contributed by atoms with Crippen molar-refractivity contribution in [2.75, 3.05) is 0 Å². The number of aromatic carboxylic acids is 1. The molecule has 0 saturated heterocycles. The van der Waals surface area contributed by atoms with Gasteiger partial charge in [-0.15, -0.1) is 0 Å². The molecule has 0 unspecified atom stereocenters. The first-order valence-electron chi connectivity index (χ1n) is 7.40. The van der Waals surface area contributed by atoms with Gasteiger partial charge < -0.3 is 5.11 Å². The highest BCUT2D eigenvalue weighted by atomic mass is 35.5. The molecule has 1 N–H and O–H groups in total. The van der Waals surface area contributed by atoms with Crippen molar-refractivity contribution in [3.8, 4) is 0 Å². The van der Waals surface area contributed by atoms with Gasteiger partial charge in [-0.2, -0.15) is 5.10 Å². The third-order valence-electron chi connectivity index (χ3n) is 3.85. The fraction of sp³-hybridized carbons (Fsp3) is 0.235. The number of fused-ring (bicyclic) bond motifs is 1. The summed E-state index contributed by atoms with van der Waals surface area (Å²) >= 11 is 5.84. The molecule has 0 bridgehead atoms. The summed E-state index contributed by atoms with van der Waals surface area (Å²) in [6, 6.07) is 4.49. The Balaban J connectivity index is 2.17. The van der Waals surface area contributed by atoms with Crippen LogP contribution in [-0.2, 0) is 6.42 Å². The molecule has 0 saturated carbocycles. The summed E-state index contributed by atoms with van der Waals surface area (Å²) in [7, 11) is 0. The summed E-state index contributed by atoms with van der Waals surface area (Å²) in [5, 5.41) is 13.6. The van der Waals surface area contributed by atoms with Gasteiger partial charge in [-0.05, 0) is 29.2 Å². The summed E-state index contributed by atoms with van der Waals surface area (Å²) in [6.45, 7) is 3.85. The van der Waals surface area contributed by atoms with Gasteiger partial charge in [-0.1, -0.05) is 31.5 Å². The lowest BCUT2D eigenvalue weighted by Crippen LogP contribution is -2.03. The van der Waals surface area contributed by atoms with E-state index in [0.717, 1.165) is 5.56 Å². The van der Waals surface area contributed by atoms with Crippen LogP contribution < -0.4 is 0 Å². The largest absolute Gasteiger partial charge is 0.478 e. The van der Waals surface area contributed by atoms with E-state index in [1.165, 1.54) is 23.1 Å². The van der Waals surface area contributed by atoms with Crippen molar-refractivity contribution in [3.05, 3.63) is 63.9 Å². The van der Waals surface area contributed by atoms with E-state index in [0.29, 0.717) is 23.2 Å². The zero-order valence-electron chi connectivity index (χ0n) is 13.1. The normalized spacial score (nSPS) is 11.4. The number of halogens is 2. The molecule has 0 aliphatic rings. The summed E-state index contributed by atoms with van der Waals surface area (Å²) in [6.07, 6.45) is 3.27. The summed E-state index contributed by atoms with van der Waals surface area (Å²) < 4.78 is 14.9. The molecule has 2 heterocycles. The van der Waals surface area contributed by atoms with Crippen LogP contribution in [0.25, 0.3) is 5.52 Å². The van der Waals surface area contributed by atoms with Gasteiger partial charge in [0.2, 0.25) is 0 Å². The van der Waals surface area contributed by atoms with Gasteiger partial charge in [0, 0.05) is 12.6 Å². The third kappa shape index (κ3) is 2.85. The fourth-order valence-electron chi connectivity index (χ4n) is 2.83. The van der Waals surface area contributed by atoms with Gasteiger partial charge in [0.1, 0.15) is 12.1 Å². The SMILES string of the molecule is CC(C)c1c(C(=O)O)cn2ncnc(Cc3ccc(F)c(Cl)c3)c12. The minimum atomic E-state index is -1.00. The Morgan fingerprint density at radius 1 is 1.42 bits per heavy atom. The third-order valence-corrected chi connectivity index (χ3v) is 4.14. The molecule has 0 radical (unpaired) electrons. The molecule has 24 heavy (non-hydrogen) atoms. The van der Waals surface area contributed by atoms with Crippen LogP contribution in [0.4, 0.5) is 4.39 Å². The van der Waals surface area contributed by atoms with Gasteiger partial charge in [-0.3, -0.25) is 0 Å². The second kappa shape index (κ2) is 6.20. The van der Waals surface area contributed by atoms with Crippen LogP contribution in [-0.4, -0.2) is 25.7 Å². The molecule has 0 spiro atoms. The monoisotopic (exact) mass is 347 g/mol. The maximum Gasteiger partial charge on any atom is 0.337 e. The van der Waals surface area contributed by atoms with Crippen molar-refractivity contribution >= 4 is 23.1 Å². The molecule has 3 rings (SSSR count). The van der Waals surface area contributed by atoms with Crippen molar-refractivity contribution in [2.45, 2.75) is 26.2 Å². The predicted molar refractivity (Wildman–Crippen MR) is 88.3 cm³/mol. The molecule has 0 aliphatic carbocycles. The van der Waals surface area contributed by atoms with Gasteiger partial charge in [0.25, 0.3) is 0 Å². The Hall–Kier alpha value is -2.47. The summed E-state index contributed by atoms with van der Waals surface area (Å²) in [5.74, 6) is -1.49. The summed E-state index contributed by atoms with van der Waals surface area (Å²) in [4.78, 5) is 15.8. The number of aromatic nitrogens is 3. The van der Waals surface area contributed by atoms with E-state index in [4.69, 9.17) is 11.6 Å². The molecule has 124 valence electrons. The molecule has 0 atom stereocenters. The van der Waals surface area contributed by atoms with E-state index in [2.05, 4.69) is 10.1 Å². The summed E-state index contributed by atoms with van der Waals surface area (Å²) in [5.41, 5.74) is 3.03. The van der Waals surface area contributed by atoms with Crippen molar-refractivity contribution in [1.29, 1.82) is 0 Å². The zero-order valence-corrected chi connectivity index (χ0v) is 13.9. The number of rotatable bonds is 4. The Bertz CT molecular complexity index is 937. The van der Waals surface area contributed by atoms with E-state index in [1.807, 2.05) is 13.8 Å². The minimum Gasteiger partial charge on any atom is -0.478 e. The Morgan fingerprint density at radius 2 is 2.17 bits per heavy atom. The molecule has 7 heteroatoms. The van der Waals surface area contributed by atoms with Gasteiger partial charge in [0.15, 0.2) is 0 Å². The lowest BCUT2D eigenvalue weighted by molar-refractivity contribution is 0.0695. The highest BCUT2D eigenvalue weighted by Gasteiger charge is 2.22. The number of hydrogen-bond acceptors (Lipinski definition) is 3. The van der Waals surface area contributed by atoms with Gasteiger partial charge in [-0.25, -0.2) is 18.7 Å². The zero-order chi connectivity index (χ0) is 17.4. The van der Waals surface area contributed by atoms with Crippen LogP contribution in [0.3, 0.4) is 0 Å². The smallest absolute Gasteiger partial charge is 0.337 e. The van der Waals surface area contributed by atoms with Gasteiger partial charge in [0.05, 0.1) is 21.8 Å². The number of carboxylic acids is 1. The molecular weight excluding hydrogens is 333 g/mol. The quantitative estimate of drug-likeness (QED) is 0.776. The van der Waals surface area contributed by atoms with Crippen LogP contribution in [0, 0.1) is 5.82 Å². The minimum absolute atomic E-state index is 0.0114. The first kappa shape index (κ1) is 16.4. The number of benzene rings is 1. The first-order valence-corrected chi connectivity index (χ1v) is 7.78. The molecule has 2 aromatic heterocycles. The highest BCUT2D eigenvalue weighted by molar-refractivity contribution is 6.30. The number of carbonyl (C=O) groups is 1. The molecule has 1 aromatic carbocycles. The second-order valence-corrected chi connectivity index (χ2v) is 6.25. The molecule has 0 aliphatic heterocycles. The molecule has 0 fully saturated rings. The topological polar surface area (TPSA) is 67.5 Å². The Labute approximate surface area is 142 Å². The van der Waals surface area contributed by atoms with Crippen LogP contribution in [0.15, 0.2) is 30.7 Å². The highest BCUT2D eigenvalue weighted by Crippen LogP contribution is 2.29. The molecule has 5 nitrogen and oxygen atoms in total. The van der Waals surface area contributed by atoms with E-state index in [1.54, 1.807) is 12.1 Å². The predicted octanol–water partition coefficient (Wildman–Crippen LogP) is 3.93. The first-order chi connectivity index (χ1) is 11.4. The average molecular weight is 348 g/mol. The standard InChI is InChI=1S/C17H15ClFN3O2/c1-9(2)15-11(17(23)24)7-22-16(15)14(20-8-21-22)6-10-3-4-13(19)12(18)5-10/h3-5,7-9H,6H2,1-2H3,(H,23,24). The van der Waals surface area contributed by atoms with Crippen LogP contribution in [0.5, 0.6) is 0 Å². The molecule has 0 amide bonds.